The van der Waals surface area contributed by atoms with Crippen molar-refractivity contribution in [3.8, 4) is 11.8 Å². The Labute approximate surface area is 75.6 Å². The molecule has 0 aliphatic heterocycles. The third kappa shape index (κ3) is 1.13. The first-order valence-corrected chi connectivity index (χ1v) is 3.90. The molecule has 0 spiro atoms. The number of hydrogen-bond acceptors (Lipinski definition) is 2. The van der Waals surface area contributed by atoms with Crippen LogP contribution in [0, 0.1) is 11.3 Å². The maximum atomic E-state index is 8.85. The van der Waals surface area contributed by atoms with Gasteiger partial charge in [-0.2, -0.15) is 5.26 Å². The maximum Gasteiger partial charge on any atom is 0.120 e. The van der Waals surface area contributed by atoms with Crippen molar-refractivity contribution in [2.75, 3.05) is 7.11 Å². The second-order valence-electron chi connectivity index (χ2n) is 2.73. The van der Waals surface area contributed by atoms with Gasteiger partial charge in [0, 0.05) is 17.6 Å². The van der Waals surface area contributed by atoms with Crippen LogP contribution in [0.1, 0.15) is 5.56 Å². The van der Waals surface area contributed by atoms with Crippen LogP contribution in [0.4, 0.5) is 0 Å². The van der Waals surface area contributed by atoms with Crippen LogP contribution in [-0.2, 0) is 0 Å². The van der Waals surface area contributed by atoms with Gasteiger partial charge >= 0.3 is 0 Å². The van der Waals surface area contributed by atoms with Gasteiger partial charge in [0.05, 0.1) is 18.2 Å². The number of nitrogens with one attached hydrogen (secondary N) is 1. The smallest absolute Gasteiger partial charge is 0.120 e. The van der Waals surface area contributed by atoms with Gasteiger partial charge in [0.2, 0.25) is 0 Å². The summed E-state index contributed by atoms with van der Waals surface area (Å²) in [5.74, 6) is 0.712. The highest BCUT2D eigenvalue weighted by Gasteiger charge is 2.03. The van der Waals surface area contributed by atoms with E-state index in [0.717, 1.165) is 10.9 Å². The number of hydrogen-bond donors (Lipinski definition) is 1. The summed E-state index contributed by atoms with van der Waals surface area (Å²) in [6, 6.07) is 7.65. The van der Waals surface area contributed by atoms with Crippen molar-refractivity contribution in [3.05, 3.63) is 30.0 Å². The Morgan fingerprint density at radius 2 is 2.31 bits per heavy atom. The fraction of sp³-hybridized carbons (Fsp3) is 0.100. The number of methoxy groups -OCH3 is 1. The Balaban J connectivity index is 2.79. The van der Waals surface area contributed by atoms with E-state index in [4.69, 9.17) is 10.00 Å². The number of rotatable bonds is 1. The van der Waals surface area contributed by atoms with Gasteiger partial charge in [0.25, 0.3) is 0 Å². The molecule has 1 heterocycles. The quantitative estimate of drug-likeness (QED) is 0.715. The molecule has 3 heteroatoms. The van der Waals surface area contributed by atoms with E-state index in [1.165, 1.54) is 0 Å². The zero-order chi connectivity index (χ0) is 9.26. The SMILES string of the molecule is COc1cc(C#N)c2[nH]ccc2c1. The van der Waals surface area contributed by atoms with Gasteiger partial charge in [0.15, 0.2) is 0 Å². The second-order valence-corrected chi connectivity index (χ2v) is 2.73. The molecule has 0 unspecified atom stereocenters. The summed E-state index contributed by atoms with van der Waals surface area (Å²) in [7, 11) is 1.59. The Morgan fingerprint density at radius 1 is 1.46 bits per heavy atom. The monoisotopic (exact) mass is 172 g/mol. The largest absolute Gasteiger partial charge is 0.497 e. The number of benzene rings is 1. The first-order valence-electron chi connectivity index (χ1n) is 3.90. The van der Waals surface area contributed by atoms with Gasteiger partial charge in [0.1, 0.15) is 11.8 Å². The topological polar surface area (TPSA) is 48.8 Å². The highest BCUT2D eigenvalue weighted by molar-refractivity contribution is 5.86. The van der Waals surface area contributed by atoms with Crippen LogP contribution >= 0.6 is 0 Å². The zero-order valence-corrected chi connectivity index (χ0v) is 7.16. The molecule has 0 aliphatic carbocycles. The summed E-state index contributed by atoms with van der Waals surface area (Å²) in [6.45, 7) is 0. The Hall–Kier alpha value is -1.95. The molecule has 0 aliphatic rings. The third-order valence-corrected chi connectivity index (χ3v) is 1.99. The van der Waals surface area contributed by atoms with Crippen LogP contribution in [-0.4, -0.2) is 12.1 Å². The summed E-state index contributed by atoms with van der Waals surface area (Å²) in [4.78, 5) is 3.01. The Bertz CT molecular complexity index is 479. The van der Waals surface area contributed by atoms with Crippen LogP contribution in [0.15, 0.2) is 24.4 Å². The minimum Gasteiger partial charge on any atom is -0.497 e. The first kappa shape index (κ1) is 7.69. The molecule has 0 bridgehead atoms. The van der Waals surface area contributed by atoms with Crippen molar-refractivity contribution in [1.82, 2.24) is 4.98 Å². The lowest BCUT2D eigenvalue weighted by Gasteiger charge is -2.00. The first-order chi connectivity index (χ1) is 6.35. The minimum absolute atomic E-state index is 0.611. The number of nitriles is 1. The summed E-state index contributed by atoms with van der Waals surface area (Å²) < 4.78 is 5.07. The van der Waals surface area contributed by atoms with Gasteiger partial charge in [-0.05, 0) is 12.1 Å². The van der Waals surface area contributed by atoms with Crippen molar-refractivity contribution < 1.29 is 4.74 Å². The highest BCUT2D eigenvalue weighted by atomic mass is 16.5. The Morgan fingerprint density at radius 3 is 3.00 bits per heavy atom. The molecule has 13 heavy (non-hydrogen) atoms. The molecule has 0 saturated carbocycles. The molecule has 2 aromatic rings. The van der Waals surface area contributed by atoms with E-state index in [0.29, 0.717) is 11.3 Å². The number of H-pyrrole nitrogens is 1. The minimum atomic E-state index is 0.611. The van der Waals surface area contributed by atoms with E-state index in [1.54, 1.807) is 13.2 Å². The summed E-state index contributed by atoms with van der Waals surface area (Å²) in [6.07, 6.45) is 1.81. The molecule has 1 N–H and O–H groups in total. The standard InChI is InChI=1S/C10H8N2O/c1-13-9-4-7-2-3-12-10(7)8(5-9)6-11/h2-5,12H,1H3. The van der Waals surface area contributed by atoms with Crippen LogP contribution < -0.4 is 4.74 Å². The molecule has 1 aromatic heterocycles. The number of aromatic amines is 1. The average molecular weight is 172 g/mol. The van der Waals surface area contributed by atoms with E-state index in [9.17, 15) is 0 Å². The van der Waals surface area contributed by atoms with Crippen LogP contribution in [0.25, 0.3) is 10.9 Å². The number of ether oxygens (including phenoxy) is 1. The van der Waals surface area contributed by atoms with Gasteiger partial charge in [-0.3, -0.25) is 0 Å². The lowest BCUT2D eigenvalue weighted by Crippen LogP contribution is -1.85. The predicted octanol–water partition coefficient (Wildman–Crippen LogP) is 2.05. The molecule has 3 nitrogen and oxygen atoms in total. The molecule has 2 rings (SSSR count). The molecular formula is C10H8N2O. The number of aromatic nitrogens is 1. The van der Waals surface area contributed by atoms with Crippen molar-refractivity contribution >= 4 is 10.9 Å². The van der Waals surface area contributed by atoms with Gasteiger partial charge in [-0.1, -0.05) is 0 Å². The predicted molar refractivity (Wildman–Crippen MR) is 49.6 cm³/mol. The molecule has 0 radical (unpaired) electrons. The third-order valence-electron chi connectivity index (χ3n) is 1.99. The summed E-state index contributed by atoms with van der Waals surface area (Å²) in [5.41, 5.74) is 1.47. The normalized spacial score (nSPS) is 9.85. The second kappa shape index (κ2) is 2.83. The molecule has 0 fully saturated rings. The van der Waals surface area contributed by atoms with Gasteiger partial charge < -0.3 is 9.72 Å². The molecule has 0 atom stereocenters. The van der Waals surface area contributed by atoms with E-state index in [2.05, 4.69) is 11.1 Å². The maximum absolute atomic E-state index is 8.85. The molecule has 0 saturated heterocycles. The van der Waals surface area contributed by atoms with Crippen molar-refractivity contribution in [1.29, 1.82) is 5.26 Å². The average Bonchev–Trinajstić information content (AvgIpc) is 2.63. The molecular weight excluding hydrogens is 164 g/mol. The number of nitrogens with zero attached hydrogens (tertiary/aromatic N) is 1. The lowest BCUT2D eigenvalue weighted by atomic mass is 10.1. The van der Waals surface area contributed by atoms with E-state index in [1.807, 2.05) is 18.3 Å². The highest BCUT2D eigenvalue weighted by Crippen LogP contribution is 2.23. The van der Waals surface area contributed by atoms with Gasteiger partial charge in [-0.25, -0.2) is 0 Å². The van der Waals surface area contributed by atoms with Crippen molar-refractivity contribution in [2.24, 2.45) is 0 Å². The van der Waals surface area contributed by atoms with Crippen molar-refractivity contribution in [2.45, 2.75) is 0 Å². The van der Waals surface area contributed by atoms with Crippen LogP contribution in [0.2, 0.25) is 0 Å². The fourth-order valence-corrected chi connectivity index (χ4v) is 1.35. The fourth-order valence-electron chi connectivity index (χ4n) is 1.35. The number of fused-ring (bicyclic) bond motifs is 1. The van der Waals surface area contributed by atoms with Crippen molar-refractivity contribution in [3.63, 3.8) is 0 Å². The van der Waals surface area contributed by atoms with E-state index < -0.39 is 0 Å². The Kier molecular flexibility index (Phi) is 1.67. The molecule has 1 aromatic carbocycles. The summed E-state index contributed by atoms with van der Waals surface area (Å²) >= 11 is 0. The van der Waals surface area contributed by atoms with Crippen LogP contribution in [0.3, 0.4) is 0 Å². The lowest BCUT2D eigenvalue weighted by molar-refractivity contribution is 0.415. The zero-order valence-electron chi connectivity index (χ0n) is 7.16. The molecule has 64 valence electrons. The summed E-state index contributed by atoms with van der Waals surface area (Å²) in [5, 5.41) is 9.84. The molecule has 0 amide bonds. The van der Waals surface area contributed by atoms with Crippen LogP contribution in [0.5, 0.6) is 5.75 Å². The van der Waals surface area contributed by atoms with E-state index in [-0.39, 0.29) is 0 Å². The van der Waals surface area contributed by atoms with E-state index >= 15 is 0 Å². The van der Waals surface area contributed by atoms with Gasteiger partial charge in [-0.15, -0.1) is 0 Å².